The molecule has 74 valence electrons. The first-order valence-electron chi connectivity index (χ1n) is 4.86. The van der Waals surface area contributed by atoms with Gasteiger partial charge in [0.2, 0.25) is 5.91 Å². The van der Waals surface area contributed by atoms with E-state index in [0.717, 1.165) is 19.3 Å². The number of phenols is 1. The van der Waals surface area contributed by atoms with Gasteiger partial charge in [-0.15, -0.1) is 0 Å². The Bertz CT molecular complexity index is 345. The van der Waals surface area contributed by atoms with Gasteiger partial charge in [-0.05, 0) is 25.0 Å². The molecule has 1 aromatic rings. The number of hydrogen-bond donors (Lipinski definition) is 2. The summed E-state index contributed by atoms with van der Waals surface area (Å²) in [5.74, 6) is 0.299. The zero-order valence-corrected chi connectivity index (χ0v) is 7.86. The molecule has 1 amide bonds. The highest BCUT2D eigenvalue weighted by Crippen LogP contribution is 2.29. The zero-order valence-electron chi connectivity index (χ0n) is 7.86. The third-order valence-corrected chi connectivity index (χ3v) is 2.64. The van der Waals surface area contributed by atoms with Gasteiger partial charge in [0.1, 0.15) is 5.75 Å². The number of aromatic hydroxyl groups is 1. The molecule has 14 heavy (non-hydrogen) atoms. The molecule has 0 spiro atoms. The van der Waals surface area contributed by atoms with E-state index in [4.69, 9.17) is 0 Å². The summed E-state index contributed by atoms with van der Waals surface area (Å²) >= 11 is 0. The second-order valence-corrected chi connectivity index (χ2v) is 3.63. The molecule has 0 aliphatic heterocycles. The molecule has 1 fully saturated rings. The van der Waals surface area contributed by atoms with E-state index in [0.29, 0.717) is 5.69 Å². The lowest BCUT2D eigenvalue weighted by molar-refractivity contribution is -0.122. The molecule has 1 aromatic carbocycles. The number of carbonyl (C=O) groups excluding carboxylic acids is 1. The Morgan fingerprint density at radius 3 is 2.64 bits per heavy atom. The van der Waals surface area contributed by atoms with Crippen molar-refractivity contribution in [2.24, 2.45) is 5.92 Å². The average Bonchev–Trinajstić information content (AvgIpc) is 2.05. The highest BCUT2D eigenvalue weighted by Gasteiger charge is 2.25. The first-order chi connectivity index (χ1) is 6.77. The Hall–Kier alpha value is -1.51. The molecule has 2 rings (SSSR count). The maximum atomic E-state index is 11.5. The summed E-state index contributed by atoms with van der Waals surface area (Å²) in [5, 5.41) is 12.1. The number of para-hydroxylation sites is 2. The number of benzene rings is 1. The van der Waals surface area contributed by atoms with Crippen LogP contribution < -0.4 is 5.32 Å². The second-order valence-electron chi connectivity index (χ2n) is 3.63. The quantitative estimate of drug-likeness (QED) is 0.703. The van der Waals surface area contributed by atoms with Crippen molar-refractivity contribution in [3.8, 4) is 5.75 Å². The predicted molar refractivity (Wildman–Crippen MR) is 54.1 cm³/mol. The molecule has 3 nitrogen and oxygen atoms in total. The molecule has 1 aliphatic rings. The van der Waals surface area contributed by atoms with Crippen molar-refractivity contribution in [2.75, 3.05) is 5.32 Å². The van der Waals surface area contributed by atoms with Crippen LogP contribution in [0.4, 0.5) is 5.69 Å². The molecular weight excluding hydrogens is 178 g/mol. The maximum absolute atomic E-state index is 11.5. The molecule has 0 radical (unpaired) electrons. The first-order valence-corrected chi connectivity index (χ1v) is 4.86. The molecule has 0 aromatic heterocycles. The summed E-state index contributed by atoms with van der Waals surface area (Å²) < 4.78 is 0. The van der Waals surface area contributed by atoms with Crippen LogP contribution in [0.3, 0.4) is 0 Å². The van der Waals surface area contributed by atoms with Crippen LogP contribution in [0.15, 0.2) is 24.3 Å². The van der Waals surface area contributed by atoms with Crippen molar-refractivity contribution in [1.29, 1.82) is 0 Å². The number of anilines is 1. The molecule has 0 atom stereocenters. The van der Waals surface area contributed by atoms with Gasteiger partial charge in [-0.1, -0.05) is 18.6 Å². The largest absolute Gasteiger partial charge is 0.506 e. The van der Waals surface area contributed by atoms with Gasteiger partial charge in [-0.25, -0.2) is 0 Å². The molecule has 2 N–H and O–H groups in total. The minimum atomic E-state index is 0.0257. The number of nitrogens with one attached hydrogen (secondary N) is 1. The van der Waals surface area contributed by atoms with Crippen molar-refractivity contribution < 1.29 is 9.90 Å². The molecule has 3 heteroatoms. The fraction of sp³-hybridized carbons (Fsp3) is 0.364. The van der Waals surface area contributed by atoms with Gasteiger partial charge in [0.05, 0.1) is 5.69 Å². The van der Waals surface area contributed by atoms with Crippen LogP contribution in [-0.4, -0.2) is 11.0 Å². The van der Waals surface area contributed by atoms with E-state index in [2.05, 4.69) is 5.32 Å². The van der Waals surface area contributed by atoms with E-state index in [1.54, 1.807) is 24.3 Å². The third-order valence-electron chi connectivity index (χ3n) is 2.64. The van der Waals surface area contributed by atoms with E-state index < -0.39 is 0 Å². The van der Waals surface area contributed by atoms with E-state index in [1.165, 1.54) is 0 Å². The molecule has 0 bridgehead atoms. The van der Waals surface area contributed by atoms with Gasteiger partial charge in [0.25, 0.3) is 0 Å². The lowest BCUT2D eigenvalue weighted by Gasteiger charge is -2.24. The van der Waals surface area contributed by atoms with E-state index in [-0.39, 0.29) is 17.6 Å². The van der Waals surface area contributed by atoms with E-state index >= 15 is 0 Å². The monoisotopic (exact) mass is 191 g/mol. The Balaban J connectivity index is 2.03. The van der Waals surface area contributed by atoms with Crippen molar-refractivity contribution in [2.45, 2.75) is 19.3 Å². The van der Waals surface area contributed by atoms with Crippen LogP contribution in [0.2, 0.25) is 0 Å². The van der Waals surface area contributed by atoms with Crippen LogP contribution >= 0.6 is 0 Å². The summed E-state index contributed by atoms with van der Waals surface area (Å²) in [4.78, 5) is 11.5. The van der Waals surface area contributed by atoms with Gasteiger partial charge < -0.3 is 10.4 Å². The third kappa shape index (κ3) is 1.71. The lowest BCUT2D eigenvalue weighted by Crippen LogP contribution is -2.27. The van der Waals surface area contributed by atoms with Crippen LogP contribution in [-0.2, 0) is 4.79 Å². The Morgan fingerprint density at radius 2 is 2.07 bits per heavy atom. The summed E-state index contributed by atoms with van der Waals surface area (Å²) in [7, 11) is 0. The smallest absolute Gasteiger partial charge is 0.227 e. The minimum Gasteiger partial charge on any atom is -0.506 e. The molecular formula is C11H13NO2. The molecule has 0 heterocycles. The number of amides is 1. The standard InChI is InChI=1S/C11H13NO2/c13-10-7-2-1-6-9(10)12-11(14)8-4-3-5-8/h1-2,6-8,13H,3-5H2,(H,12,14). The van der Waals surface area contributed by atoms with Crippen LogP contribution in [0.5, 0.6) is 5.75 Å². The highest BCUT2D eigenvalue weighted by atomic mass is 16.3. The van der Waals surface area contributed by atoms with Crippen LogP contribution in [0.1, 0.15) is 19.3 Å². The maximum Gasteiger partial charge on any atom is 0.227 e. The Morgan fingerprint density at radius 1 is 1.36 bits per heavy atom. The lowest BCUT2D eigenvalue weighted by atomic mass is 9.85. The molecule has 0 unspecified atom stereocenters. The molecule has 1 aliphatic carbocycles. The normalized spacial score (nSPS) is 16.0. The van der Waals surface area contributed by atoms with Crippen molar-refractivity contribution in [3.63, 3.8) is 0 Å². The summed E-state index contributed by atoms with van der Waals surface area (Å²) in [6.45, 7) is 0. The predicted octanol–water partition coefficient (Wildman–Crippen LogP) is 2.13. The van der Waals surface area contributed by atoms with E-state index in [1.807, 2.05) is 0 Å². The first kappa shape index (κ1) is 9.06. The van der Waals surface area contributed by atoms with Gasteiger partial charge in [-0.2, -0.15) is 0 Å². The van der Waals surface area contributed by atoms with Crippen LogP contribution in [0.25, 0.3) is 0 Å². The fourth-order valence-electron chi connectivity index (χ4n) is 1.48. The average molecular weight is 191 g/mol. The fourth-order valence-corrected chi connectivity index (χ4v) is 1.48. The minimum absolute atomic E-state index is 0.0257. The SMILES string of the molecule is O=C(Nc1ccccc1O)C1CCC1. The molecule has 0 saturated heterocycles. The Labute approximate surface area is 82.8 Å². The highest BCUT2D eigenvalue weighted by molar-refractivity contribution is 5.94. The van der Waals surface area contributed by atoms with Crippen LogP contribution in [0, 0.1) is 5.92 Å². The summed E-state index contributed by atoms with van der Waals surface area (Å²) in [5.41, 5.74) is 0.504. The number of hydrogen-bond acceptors (Lipinski definition) is 2. The zero-order chi connectivity index (χ0) is 9.97. The Kier molecular flexibility index (Phi) is 2.39. The van der Waals surface area contributed by atoms with Crippen molar-refractivity contribution >= 4 is 11.6 Å². The summed E-state index contributed by atoms with van der Waals surface area (Å²) in [6.07, 6.45) is 3.08. The second kappa shape index (κ2) is 3.70. The van der Waals surface area contributed by atoms with Gasteiger partial charge in [0, 0.05) is 5.92 Å². The summed E-state index contributed by atoms with van der Waals surface area (Å²) in [6, 6.07) is 6.78. The van der Waals surface area contributed by atoms with Gasteiger partial charge >= 0.3 is 0 Å². The number of phenolic OH excluding ortho intramolecular Hbond substituents is 1. The van der Waals surface area contributed by atoms with Crippen molar-refractivity contribution in [1.82, 2.24) is 0 Å². The molecule has 1 saturated carbocycles. The van der Waals surface area contributed by atoms with Gasteiger partial charge in [-0.3, -0.25) is 4.79 Å². The van der Waals surface area contributed by atoms with E-state index in [9.17, 15) is 9.90 Å². The van der Waals surface area contributed by atoms with Gasteiger partial charge in [0.15, 0.2) is 0 Å². The number of carbonyl (C=O) groups is 1. The topological polar surface area (TPSA) is 49.3 Å². The van der Waals surface area contributed by atoms with Crippen molar-refractivity contribution in [3.05, 3.63) is 24.3 Å². The number of rotatable bonds is 2.